The number of aromatic nitrogens is 2. The molecular weight excluding hydrogens is 276 g/mol. The van der Waals surface area contributed by atoms with Gasteiger partial charge in [0.15, 0.2) is 0 Å². The van der Waals surface area contributed by atoms with Gasteiger partial charge in [0, 0.05) is 31.4 Å². The van der Waals surface area contributed by atoms with E-state index in [1.54, 1.807) is 16.7 Å². The molecule has 0 aromatic carbocycles. The van der Waals surface area contributed by atoms with E-state index >= 15 is 0 Å². The molecule has 0 spiro atoms. The molecule has 2 aromatic heterocycles. The van der Waals surface area contributed by atoms with Gasteiger partial charge in [-0.1, -0.05) is 13.0 Å². The number of piperidine rings is 1. The molecule has 5 heteroatoms. The second-order valence-corrected chi connectivity index (χ2v) is 6.36. The number of rotatable bonds is 3. The van der Waals surface area contributed by atoms with Crippen molar-refractivity contribution >= 4 is 5.65 Å². The molecule has 0 saturated carbocycles. The lowest BCUT2D eigenvalue weighted by molar-refractivity contribution is 0.0978. The highest BCUT2D eigenvalue weighted by atomic mass is 16.1. The van der Waals surface area contributed by atoms with Gasteiger partial charge in [-0.25, -0.2) is 4.98 Å². The van der Waals surface area contributed by atoms with E-state index in [0.717, 1.165) is 23.4 Å². The highest BCUT2D eigenvalue weighted by molar-refractivity contribution is 5.46. The second-order valence-electron chi connectivity index (χ2n) is 6.36. The number of aryl methyl sites for hydroxylation is 1. The molecule has 3 heterocycles. The Morgan fingerprint density at radius 1 is 1.45 bits per heavy atom. The van der Waals surface area contributed by atoms with E-state index in [9.17, 15) is 4.79 Å². The van der Waals surface area contributed by atoms with Crippen LogP contribution in [0.2, 0.25) is 0 Å². The maximum atomic E-state index is 12.3. The van der Waals surface area contributed by atoms with Crippen LogP contribution in [-0.4, -0.2) is 33.4 Å². The van der Waals surface area contributed by atoms with Gasteiger partial charge in [-0.15, -0.1) is 0 Å². The van der Waals surface area contributed by atoms with E-state index in [-0.39, 0.29) is 5.56 Å². The molecule has 5 nitrogen and oxygen atoms in total. The van der Waals surface area contributed by atoms with Crippen molar-refractivity contribution in [2.24, 2.45) is 11.7 Å². The van der Waals surface area contributed by atoms with Crippen molar-refractivity contribution in [3.05, 3.63) is 46.0 Å². The number of fused-ring (bicyclic) bond motifs is 1. The van der Waals surface area contributed by atoms with Crippen molar-refractivity contribution in [2.45, 2.75) is 39.3 Å². The van der Waals surface area contributed by atoms with Crippen LogP contribution in [0.3, 0.4) is 0 Å². The zero-order valence-electron chi connectivity index (χ0n) is 13.3. The summed E-state index contributed by atoms with van der Waals surface area (Å²) in [5.74, 6) is 0.599. The van der Waals surface area contributed by atoms with Gasteiger partial charge in [0.25, 0.3) is 5.56 Å². The zero-order valence-corrected chi connectivity index (χ0v) is 13.3. The van der Waals surface area contributed by atoms with Crippen LogP contribution in [0, 0.1) is 12.8 Å². The van der Waals surface area contributed by atoms with Crippen LogP contribution in [0.15, 0.2) is 29.2 Å². The van der Waals surface area contributed by atoms with Crippen LogP contribution in [0.25, 0.3) is 5.65 Å². The fourth-order valence-corrected chi connectivity index (χ4v) is 3.51. The summed E-state index contributed by atoms with van der Waals surface area (Å²) in [6.07, 6.45) is 4.18. The highest BCUT2D eigenvalue weighted by Crippen LogP contribution is 2.23. The minimum absolute atomic E-state index is 0.0157. The molecule has 2 unspecified atom stereocenters. The number of nitrogens with two attached hydrogens (primary N) is 1. The monoisotopic (exact) mass is 300 g/mol. The maximum absolute atomic E-state index is 12.3. The van der Waals surface area contributed by atoms with E-state index in [2.05, 4.69) is 11.8 Å². The summed E-state index contributed by atoms with van der Waals surface area (Å²) in [7, 11) is 0. The molecule has 118 valence electrons. The summed E-state index contributed by atoms with van der Waals surface area (Å²) < 4.78 is 1.61. The first-order chi connectivity index (χ1) is 10.6. The largest absolute Gasteiger partial charge is 0.329 e. The second kappa shape index (κ2) is 6.18. The average Bonchev–Trinajstić information content (AvgIpc) is 2.49. The van der Waals surface area contributed by atoms with Gasteiger partial charge in [0.05, 0.1) is 5.69 Å². The van der Waals surface area contributed by atoms with Crippen molar-refractivity contribution in [2.75, 3.05) is 13.1 Å². The van der Waals surface area contributed by atoms with Gasteiger partial charge in [-0.05, 0) is 43.9 Å². The first-order valence-corrected chi connectivity index (χ1v) is 8.02. The molecule has 1 aliphatic rings. The van der Waals surface area contributed by atoms with Crippen LogP contribution in [0.5, 0.6) is 0 Å². The molecule has 1 aliphatic heterocycles. The zero-order chi connectivity index (χ0) is 15.7. The van der Waals surface area contributed by atoms with Gasteiger partial charge >= 0.3 is 0 Å². The smallest absolute Gasteiger partial charge is 0.258 e. The number of likely N-dealkylation sites (tertiary alicyclic amines) is 1. The summed E-state index contributed by atoms with van der Waals surface area (Å²) >= 11 is 0. The van der Waals surface area contributed by atoms with Gasteiger partial charge < -0.3 is 5.73 Å². The van der Waals surface area contributed by atoms with Crippen molar-refractivity contribution in [3.8, 4) is 0 Å². The van der Waals surface area contributed by atoms with Crippen LogP contribution in [0.1, 0.15) is 31.0 Å². The van der Waals surface area contributed by atoms with Crippen molar-refractivity contribution in [3.63, 3.8) is 0 Å². The molecule has 1 saturated heterocycles. The Labute approximate surface area is 130 Å². The number of hydrogen-bond acceptors (Lipinski definition) is 4. The third-order valence-electron chi connectivity index (χ3n) is 4.78. The predicted molar refractivity (Wildman–Crippen MR) is 87.8 cm³/mol. The van der Waals surface area contributed by atoms with Crippen molar-refractivity contribution in [1.82, 2.24) is 14.3 Å². The Bertz CT molecular complexity index is 724. The van der Waals surface area contributed by atoms with Crippen LogP contribution in [0.4, 0.5) is 0 Å². The van der Waals surface area contributed by atoms with E-state index in [4.69, 9.17) is 10.7 Å². The Morgan fingerprint density at radius 2 is 2.27 bits per heavy atom. The van der Waals surface area contributed by atoms with E-state index in [0.29, 0.717) is 25.0 Å². The molecule has 2 N–H and O–H groups in total. The van der Waals surface area contributed by atoms with Gasteiger partial charge in [0.2, 0.25) is 0 Å². The maximum Gasteiger partial charge on any atom is 0.258 e. The molecule has 0 bridgehead atoms. The van der Waals surface area contributed by atoms with Crippen molar-refractivity contribution in [1.29, 1.82) is 0 Å². The Balaban J connectivity index is 1.94. The molecule has 2 aromatic rings. The Hall–Kier alpha value is -1.72. The molecule has 0 aliphatic carbocycles. The Morgan fingerprint density at radius 3 is 3.05 bits per heavy atom. The Kier molecular flexibility index (Phi) is 4.27. The highest BCUT2D eigenvalue weighted by Gasteiger charge is 2.27. The van der Waals surface area contributed by atoms with E-state index < -0.39 is 0 Å². The quantitative estimate of drug-likeness (QED) is 0.934. The summed E-state index contributed by atoms with van der Waals surface area (Å²) in [6.45, 7) is 6.63. The molecule has 1 fully saturated rings. The lowest BCUT2D eigenvalue weighted by Gasteiger charge is -2.39. The first kappa shape index (κ1) is 15.2. The lowest BCUT2D eigenvalue weighted by Crippen LogP contribution is -2.48. The summed E-state index contributed by atoms with van der Waals surface area (Å²) in [5.41, 5.74) is 8.55. The molecule has 2 atom stereocenters. The SMILES string of the molecule is Cc1cccn2c(=O)cc(CN3CCCC(C)C3CN)nc12. The third-order valence-corrected chi connectivity index (χ3v) is 4.78. The minimum Gasteiger partial charge on any atom is -0.329 e. The first-order valence-electron chi connectivity index (χ1n) is 8.02. The standard InChI is InChI=1S/C17H24N4O/c1-12-5-3-7-20(15(12)10-18)11-14-9-16(22)21-8-4-6-13(2)17(21)19-14/h4,6,8-9,12,15H,3,5,7,10-11,18H2,1-2H3. The lowest BCUT2D eigenvalue weighted by atomic mass is 9.90. The number of pyridine rings is 1. The fraction of sp³-hybridized carbons (Fsp3) is 0.529. The van der Waals surface area contributed by atoms with Gasteiger partial charge in [0.1, 0.15) is 5.65 Å². The summed E-state index contributed by atoms with van der Waals surface area (Å²) in [5, 5.41) is 0. The normalized spacial score (nSPS) is 23.0. The molecule has 0 radical (unpaired) electrons. The topological polar surface area (TPSA) is 63.6 Å². The molecule has 0 amide bonds. The summed E-state index contributed by atoms with van der Waals surface area (Å²) in [4.78, 5) is 19.4. The van der Waals surface area contributed by atoms with Crippen LogP contribution < -0.4 is 11.3 Å². The average molecular weight is 300 g/mol. The molecule has 3 rings (SSSR count). The number of hydrogen-bond donors (Lipinski definition) is 1. The minimum atomic E-state index is -0.0157. The van der Waals surface area contributed by atoms with Gasteiger partial charge in [-0.3, -0.25) is 14.1 Å². The van der Waals surface area contributed by atoms with E-state index in [1.807, 2.05) is 19.1 Å². The van der Waals surface area contributed by atoms with Crippen molar-refractivity contribution < 1.29 is 0 Å². The summed E-state index contributed by atoms with van der Waals surface area (Å²) in [6, 6.07) is 5.89. The van der Waals surface area contributed by atoms with E-state index in [1.165, 1.54) is 12.8 Å². The third kappa shape index (κ3) is 2.78. The number of nitrogens with zero attached hydrogens (tertiary/aromatic N) is 3. The predicted octanol–water partition coefficient (Wildman–Crippen LogP) is 1.56. The van der Waals surface area contributed by atoms with Crippen LogP contribution >= 0.6 is 0 Å². The van der Waals surface area contributed by atoms with Gasteiger partial charge in [-0.2, -0.15) is 0 Å². The molecular formula is C17H24N4O. The fourth-order valence-electron chi connectivity index (χ4n) is 3.51. The molecule has 22 heavy (non-hydrogen) atoms. The van der Waals surface area contributed by atoms with Crippen LogP contribution in [-0.2, 0) is 6.54 Å².